The number of amides is 2. The predicted molar refractivity (Wildman–Crippen MR) is 130 cm³/mol. The molecule has 9 heteroatoms. The summed E-state index contributed by atoms with van der Waals surface area (Å²) in [5.41, 5.74) is 4.98. The molecule has 0 aliphatic heterocycles. The molecular formula is C25H38N4O4S. The van der Waals surface area contributed by atoms with Crippen molar-refractivity contribution in [2.24, 2.45) is 34.8 Å². The summed E-state index contributed by atoms with van der Waals surface area (Å²) in [6.07, 6.45) is 8.88. The van der Waals surface area contributed by atoms with E-state index in [2.05, 4.69) is 29.6 Å². The topological polar surface area (TPSA) is 119 Å². The van der Waals surface area contributed by atoms with Crippen LogP contribution in [-0.2, 0) is 4.79 Å². The van der Waals surface area contributed by atoms with Crippen LogP contribution in [0.4, 0.5) is 0 Å². The minimum absolute atomic E-state index is 0.0226. The van der Waals surface area contributed by atoms with Crippen molar-refractivity contribution in [1.82, 2.24) is 15.8 Å². The van der Waals surface area contributed by atoms with Crippen molar-refractivity contribution in [3.05, 3.63) is 5.76 Å². The van der Waals surface area contributed by atoms with Crippen molar-refractivity contribution in [3.8, 4) is 5.88 Å². The fourth-order valence-electron chi connectivity index (χ4n) is 6.84. The molecule has 188 valence electrons. The number of nitrogens with one attached hydrogen (secondary N) is 2. The van der Waals surface area contributed by atoms with Gasteiger partial charge in [-0.15, -0.1) is 11.8 Å². The molecule has 1 aromatic heterocycles. The van der Waals surface area contributed by atoms with Gasteiger partial charge in [-0.3, -0.25) is 9.59 Å². The maximum atomic E-state index is 13.4. The summed E-state index contributed by atoms with van der Waals surface area (Å²) in [4.78, 5) is 26.7. The molecule has 0 atom stereocenters. The molecule has 4 bridgehead atoms. The summed E-state index contributed by atoms with van der Waals surface area (Å²) < 4.78 is 11.6. The van der Waals surface area contributed by atoms with Gasteiger partial charge < -0.3 is 25.6 Å². The number of hydrogen-bond acceptors (Lipinski definition) is 7. The lowest BCUT2D eigenvalue weighted by atomic mass is 9.54. The molecule has 1 aromatic rings. The molecule has 5 saturated carbocycles. The Labute approximate surface area is 205 Å². The SMILES string of the molecule is CC(C)Sc1c(OCC2(C(=O)NCCN)CCC2)noc1C(=O)NC1C2CC3CC(C2)CC1C3. The lowest BCUT2D eigenvalue weighted by molar-refractivity contribution is -0.138. The third kappa shape index (κ3) is 4.57. The number of nitrogens with two attached hydrogens (primary N) is 1. The van der Waals surface area contributed by atoms with Crippen molar-refractivity contribution in [2.75, 3.05) is 19.7 Å². The van der Waals surface area contributed by atoms with E-state index in [0.29, 0.717) is 35.7 Å². The van der Waals surface area contributed by atoms with Crippen LogP contribution in [0.5, 0.6) is 5.88 Å². The number of aromatic nitrogens is 1. The normalized spacial score (nSPS) is 30.8. The molecule has 4 N–H and O–H groups in total. The van der Waals surface area contributed by atoms with Crippen LogP contribution in [0.3, 0.4) is 0 Å². The van der Waals surface area contributed by atoms with Gasteiger partial charge in [0.2, 0.25) is 11.7 Å². The van der Waals surface area contributed by atoms with E-state index < -0.39 is 5.41 Å². The van der Waals surface area contributed by atoms with Gasteiger partial charge in [0.05, 0.1) is 5.41 Å². The second-order valence-electron chi connectivity index (χ2n) is 11.2. The highest BCUT2D eigenvalue weighted by atomic mass is 32.2. The van der Waals surface area contributed by atoms with Crippen LogP contribution in [0.2, 0.25) is 0 Å². The average Bonchev–Trinajstić information content (AvgIpc) is 3.15. The minimum atomic E-state index is -0.559. The van der Waals surface area contributed by atoms with E-state index in [-0.39, 0.29) is 35.5 Å². The fraction of sp³-hybridized carbons (Fsp3) is 0.800. The van der Waals surface area contributed by atoms with Gasteiger partial charge in [0, 0.05) is 24.4 Å². The molecule has 0 saturated heterocycles. The summed E-state index contributed by atoms with van der Waals surface area (Å²) in [6.45, 7) is 5.21. The number of rotatable bonds is 10. The van der Waals surface area contributed by atoms with Crippen LogP contribution in [0, 0.1) is 29.1 Å². The second kappa shape index (κ2) is 9.72. The largest absolute Gasteiger partial charge is 0.474 e. The van der Waals surface area contributed by atoms with Crippen molar-refractivity contribution in [1.29, 1.82) is 0 Å². The Morgan fingerprint density at radius 3 is 2.41 bits per heavy atom. The number of carbonyl (C=O) groups excluding carboxylic acids is 2. The van der Waals surface area contributed by atoms with E-state index in [1.54, 1.807) is 0 Å². The second-order valence-corrected chi connectivity index (χ2v) is 12.8. The Morgan fingerprint density at radius 2 is 1.85 bits per heavy atom. The molecule has 1 heterocycles. The molecule has 34 heavy (non-hydrogen) atoms. The first-order valence-corrected chi connectivity index (χ1v) is 13.8. The van der Waals surface area contributed by atoms with E-state index in [1.807, 2.05) is 0 Å². The molecule has 5 fully saturated rings. The van der Waals surface area contributed by atoms with E-state index >= 15 is 0 Å². The Hall–Kier alpha value is -1.74. The Kier molecular flexibility index (Phi) is 6.86. The third-order valence-corrected chi connectivity index (χ3v) is 9.48. The molecule has 5 aliphatic rings. The van der Waals surface area contributed by atoms with Gasteiger partial charge in [0.15, 0.2) is 0 Å². The number of ether oxygens (including phenoxy) is 1. The monoisotopic (exact) mass is 490 g/mol. The van der Waals surface area contributed by atoms with Gasteiger partial charge in [0.25, 0.3) is 11.8 Å². The highest BCUT2D eigenvalue weighted by molar-refractivity contribution is 8.00. The first-order valence-electron chi connectivity index (χ1n) is 13.0. The van der Waals surface area contributed by atoms with Gasteiger partial charge in [0.1, 0.15) is 11.5 Å². The van der Waals surface area contributed by atoms with Crippen LogP contribution >= 0.6 is 11.8 Å². The summed E-state index contributed by atoms with van der Waals surface area (Å²) in [6, 6.07) is 0.233. The van der Waals surface area contributed by atoms with Crippen molar-refractivity contribution in [2.45, 2.75) is 81.4 Å². The molecular weight excluding hydrogens is 452 g/mol. The summed E-state index contributed by atoms with van der Waals surface area (Å²) in [7, 11) is 0. The van der Waals surface area contributed by atoms with Crippen LogP contribution < -0.4 is 21.1 Å². The van der Waals surface area contributed by atoms with Gasteiger partial charge in [-0.2, -0.15) is 0 Å². The zero-order valence-corrected chi connectivity index (χ0v) is 21.1. The van der Waals surface area contributed by atoms with Crippen molar-refractivity contribution >= 4 is 23.6 Å². The predicted octanol–water partition coefficient (Wildman–Crippen LogP) is 3.35. The van der Waals surface area contributed by atoms with Crippen molar-refractivity contribution in [3.63, 3.8) is 0 Å². The molecule has 0 unspecified atom stereocenters. The summed E-state index contributed by atoms with van der Waals surface area (Å²) in [5.74, 6) is 3.22. The van der Waals surface area contributed by atoms with Crippen molar-refractivity contribution < 1.29 is 18.8 Å². The summed E-state index contributed by atoms with van der Waals surface area (Å²) in [5, 5.41) is 10.6. The maximum Gasteiger partial charge on any atom is 0.291 e. The van der Waals surface area contributed by atoms with E-state index in [9.17, 15) is 9.59 Å². The molecule has 6 rings (SSSR count). The fourth-order valence-corrected chi connectivity index (χ4v) is 7.75. The first-order chi connectivity index (χ1) is 16.4. The van der Waals surface area contributed by atoms with Crippen LogP contribution in [0.15, 0.2) is 9.42 Å². The first kappa shape index (κ1) is 24.0. The lowest BCUT2D eigenvalue weighted by Crippen LogP contribution is -2.55. The zero-order chi connectivity index (χ0) is 23.9. The highest BCUT2D eigenvalue weighted by Gasteiger charge is 2.49. The molecule has 0 radical (unpaired) electrons. The molecule has 0 aromatic carbocycles. The van der Waals surface area contributed by atoms with Crippen LogP contribution in [0.25, 0.3) is 0 Å². The van der Waals surface area contributed by atoms with Gasteiger partial charge in [-0.05, 0) is 73.8 Å². The molecule has 5 aliphatic carbocycles. The lowest BCUT2D eigenvalue weighted by Gasteiger charge is -2.54. The average molecular weight is 491 g/mol. The standard InChI is InChI=1S/C25H38N4O4S/c1-14(2)34-21-20(22(30)28-19-17-9-15-8-16(11-17)12-18(19)10-15)33-29-23(21)32-13-25(4-3-5-25)24(31)27-7-6-26/h14-19H,3-13,26H2,1-2H3,(H,27,31)(H,28,30). The van der Waals surface area contributed by atoms with E-state index in [4.69, 9.17) is 15.0 Å². The van der Waals surface area contributed by atoms with E-state index in [1.165, 1.54) is 43.9 Å². The highest BCUT2D eigenvalue weighted by Crippen LogP contribution is 2.54. The van der Waals surface area contributed by atoms with Gasteiger partial charge in [-0.1, -0.05) is 20.3 Å². The molecule has 2 amide bonds. The van der Waals surface area contributed by atoms with E-state index in [0.717, 1.165) is 31.1 Å². The van der Waals surface area contributed by atoms with Gasteiger partial charge in [-0.25, -0.2) is 0 Å². The smallest absolute Gasteiger partial charge is 0.291 e. The quantitative estimate of drug-likeness (QED) is 0.430. The summed E-state index contributed by atoms with van der Waals surface area (Å²) >= 11 is 1.52. The number of carbonyl (C=O) groups is 2. The molecule has 8 nitrogen and oxygen atoms in total. The third-order valence-electron chi connectivity index (χ3n) is 8.41. The van der Waals surface area contributed by atoms with Crippen LogP contribution in [0.1, 0.15) is 75.8 Å². The number of hydrogen-bond donors (Lipinski definition) is 3. The Bertz CT molecular complexity index is 885. The van der Waals surface area contributed by atoms with Crippen LogP contribution in [-0.4, -0.2) is 48.0 Å². The maximum absolute atomic E-state index is 13.4. The molecule has 0 spiro atoms. The van der Waals surface area contributed by atoms with Gasteiger partial charge >= 0.3 is 0 Å². The zero-order valence-electron chi connectivity index (χ0n) is 20.3. The number of thioether (sulfide) groups is 1. The number of nitrogens with zero attached hydrogens (tertiary/aromatic N) is 1. The Morgan fingerprint density at radius 1 is 1.18 bits per heavy atom. The Balaban J connectivity index is 1.28. The minimum Gasteiger partial charge on any atom is -0.474 e.